The van der Waals surface area contributed by atoms with Crippen LogP contribution < -0.4 is 11.1 Å². The van der Waals surface area contributed by atoms with Gasteiger partial charge in [-0.2, -0.15) is 5.10 Å². The molecule has 31 heavy (non-hydrogen) atoms. The number of nitrogens with two attached hydrogens (primary N) is 1. The Hall–Kier alpha value is -2.51. The zero-order chi connectivity index (χ0) is 22.4. The van der Waals surface area contributed by atoms with Gasteiger partial charge in [0.2, 0.25) is 5.91 Å². The molecule has 1 aliphatic carbocycles. The van der Waals surface area contributed by atoms with Gasteiger partial charge in [0.1, 0.15) is 6.29 Å². The Labute approximate surface area is 185 Å². The van der Waals surface area contributed by atoms with Crippen molar-refractivity contribution in [3.63, 3.8) is 0 Å². The number of likely N-dealkylation sites (tertiary alicyclic amines) is 1. The number of rotatable bonds is 5. The highest BCUT2D eigenvalue weighted by Gasteiger charge is 2.29. The van der Waals surface area contributed by atoms with Crippen LogP contribution in [0.2, 0.25) is 0 Å². The Balaban J connectivity index is 0.000000287. The molecule has 4 rings (SSSR count). The van der Waals surface area contributed by atoms with Gasteiger partial charge in [-0.25, -0.2) is 0 Å². The average molecular weight is 426 g/mol. The number of carbonyl (C=O) groups excluding carboxylic acids is 2. The number of hydrogen-bond acceptors (Lipinski definition) is 5. The Kier molecular flexibility index (Phi) is 7.62. The van der Waals surface area contributed by atoms with E-state index in [1.165, 1.54) is 0 Å². The summed E-state index contributed by atoms with van der Waals surface area (Å²) >= 11 is 0. The molecule has 1 aromatic heterocycles. The summed E-state index contributed by atoms with van der Waals surface area (Å²) in [5.41, 5.74) is 8.47. The molecule has 2 aromatic rings. The Morgan fingerprint density at radius 1 is 1.19 bits per heavy atom. The highest BCUT2D eigenvalue weighted by molar-refractivity contribution is 5.82. The molecule has 7 heteroatoms. The number of benzene rings is 1. The van der Waals surface area contributed by atoms with Crippen molar-refractivity contribution in [3.05, 3.63) is 42.1 Å². The minimum Gasteiger partial charge on any atom is -0.348 e. The van der Waals surface area contributed by atoms with E-state index < -0.39 is 5.54 Å². The van der Waals surface area contributed by atoms with Gasteiger partial charge in [0.25, 0.3) is 0 Å². The maximum Gasteiger partial charge on any atom is 0.237 e. The topological polar surface area (TPSA) is 93.2 Å². The Bertz CT molecular complexity index is 870. The van der Waals surface area contributed by atoms with Crippen LogP contribution in [0.1, 0.15) is 57.1 Å². The second kappa shape index (κ2) is 10.2. The highest BCUT2D eigenvalue weighted by Crippen LogP contribution is 2.24. The van der Waals surface area contributed by atoms with Crippen LogP contribution in [0.3, 0.4) is 0 Å². The molecule has 2 aliphatic rings. The molecule has 2 heterocycles. The first-order chi connectivity index (χ1) is 14.8. The molecule has 0 bridgehead atoms. The number of aldehydes is 1. The summed E-state index contributed by atoms with van der Waals surface area (Å²) in [6.07, 6.45) is 8.75. The number of nitrogens with zero attached hydrogens (tertiary/aromatic N) is 3. The van der Waals surface area contributed by atoms with E-state index >= 15 is 0 Å². The summed E-state index contributed by atoms with van der Waals surface area (Å²) in [5, 5.41) is 7.33. The van der Waals surface area contributed by atoms with Crippen molar-refractivity contribution in [3.8, 4) is 11.3 Å². The van der Waals surface area contributed by atoms with Gasteiger partial charge in [0, 0.05) is 13.2 Å². The summed E-state index contributed by atoms with van der Waals surface area (Å²) in [5.74, 6) is 0.133. The van der Waals surface area contributed by atoms with E-state index in [0.29, 0.717) is 0 Å². The summed E-state index contributed by atoms with van der Waals surface area (Å²) in [4.78, 5) is 24.7. The van der Waals surface area contributed by atoms with E-state index in [4.69, 9.17) is 5.73 Å². The minimum atomic E-state index is -0.444. The van der Waals surface area contributed by atoms with Crippen LogP contribution in [0.15, 0.2) is 36.5 Å². The molecule has 1 saturated carbocycles. The molecule has 0 radical (unpaired) electrons. The zero-order valence-electron chi connectivity index (χ0n) is 18.9. The fourth-order valence-electron chi connectivity index (χ4n) is 4.39. The van der Waals surface area contributed by atoms with Crippen LogP contribution in [-0.4, -0.2) is 52.0 Å². The van der Waals surface area contributed by atoms with Gasteiger partial charge in [0.05, 0.1) is 23.3 Å². The molecule has 1 saturated heterocycles. The van der Waals surface area contributed by atoms with E-state index in [1.54, 1.807) is 6.20 Å². The number of hydrogen-bond donors (Lipinski definition) is 2. The van der Waals surface area contributed by atoms with Gasteiger partial charge < -0.3 is 15.8 Å². The Morgan fingerprint density at radius 2 is 1.87 bits per heavy atom. The summed E-state index contributed by atoms with van der Waals surface area (Å²) < 4.78 is 1.86. The van der Waals surface area contributed by atoms with Crippen molar-refractivity contribution in [1.29, 1.82) is 0 Å². The third kappa shape index (κ3) is 5.80. The molecule has 2 unspecified atom stereocenters. The molecule has 7 nitrogen and oxygen atoms in total. The monoisotopic (exact) mass is 425 g/mol. The largest absolute Gasteiger partial charge is 0.348 e. The first kappa shape index (κ1) is 23.2. The van der Waals surface area contributed by atoms with E-state index in [0.717, 1.165) is 68.2 Å². The fourth-order valence-corrected chi connectivity index (χ4v) is 4.39. The lowest BCUT2D eigenvalue weighted by Gasteiger charge is -2.22. The molecule has 3 N–H and O–H groups in total. The van der Waals surface area contributed by atoms with Crippen molar-refractivity contribution < 1.29 is 9.59 Å². The summed E-state index contributed by atoms with van der Waals surface area (Å²) in [7, 11) is 3.95. The van der Waals surface area contributed by atoms with Crippen LogP contribution >= 0.6 is 0 Å². The fraction of sp³-hybridized carbons (Fsp3) is 0.542. The maximum absolute atomic E-state index is 12.4. The molecule has 168 valence electrons. The van der Waals surface area contributed by atoms with E-state index in [2.05, 4.69) is 39.6 Å². The van der Waals surface area contributed by atoms with Crippen LogP contribution in [-0.2, 0) is 16.6 Å². The van der Waals surface area contributed by atoms with Gasteiger partial charge in [-0.1, -0.05) is 37.1 Å². The molecule has 1 amide bonds. The lowest BCUT2D eigenvalue weighted by Crippen LogP contribution is -2.42. The number of aromatic nitrogens is 2. The molecule has 1 aliphatic heterocycles. The van der Waals surface area contributed by atoms with Gasteiger partial charge >= 0.3 is 0 Å². The van der Waals surface area contributed by atoms with Crippen molar-refractivity contribution in [2.24, 2.45) is 12.8 Å². The predicted octanol–water partition coefficient (Wildman–Crippen LogP) is 2.82. The normalized spacial score (nSPS) is 21.2. The van der Waals surface area contributed by atoms with Crippen LogP contribution in [0, 0.1) is 0 Å². The highest BCUT2D eigenvalue weighted by atomic mass is 16.2. The van der Waals surface area contributed by atoms with Crippen molar-refractivity contribution in [2.45, 2.75) is 63.1 Å². The van der Waals surface area contributed by atoms with Crippen molar-refractivity contribution >= 4 is 12.2 Å². The minimum absolute atomic E-state index is 0.0112. The van der Waals surface area contributed by atoms with Crippen LogP contribution in [0.25, 0.3) is 11.3 Å². The molecule has 2 atom stereocenters. The van der Waals surface area contributed by atoms with E-state index in [9.17, 15) is 9.59 Å². The standard InChI is InChI=1S/C18H24N4O.C6H11NO/c1-13(20-18(23)17-5-4-12-21(17)2)14-6-8-15(9-7-14)16-10-11-19-22(16)3;7-6(5-8)3-1-2-4-6/h6-11,13,17H,4-5,12H2,1-3H3,(H,20,23);5H,1-4,7H2. The molecular weight excluding hydrogens is 390 g/mol. The maximum atomic E-state index is 12.4. The van der Waals surface area contributed by atoms with Crippen molar-refractivity contribution in [2.75, 3.05) is 13.6 Å². The number of aryl methyl sites for hydroxylation is 1. The van der Waals surface area contributed by atoms with Gasteiger partial charge in [-0.3, -0.25) is 14.4 Å². The lowest BCUT2D eigenvalue weighted by atomic mass is 10.0. The van der Waals surface area contributed by atoms with Gasteiger partial charge in [-0.15, -0.1) is 0 Å². The zero-order valence-corrected chi connectivity index (χ0v) is 18.9. The first-order valence-electron chi connectivity index (χ1n) is 11.2. The third-order valence-corrected chi connectivity index (χ3v) is 6.48. The Morgan fingerprint density at radius 3 is 2.35 bits per heavy atom. The molecular formula is C24H35N5O2. The van der Waals surface area contributed by atoms with Crippen LogP contribution in [0.4, 0.5) is 0 Å². The van der Waals surface area contributed by atoms with E-state index in [-0.39, 0.29) is 18.0 Å². The number of likely N-dealkylation sites (N-methyl/N-ethyl adjacent to an activating group) is 1. The van der Waals surface area contributed by atoms with Crippen LogP contribution in [0.5, 0.6) is 0 Å². The molecule has 0 spiro atoms. The SMILES string of the molecule is CC(NC(=O)C1CCCN1C)c1ccc(-c2ccnn2C)cc1.NC1(C=O)CCCC1. The predicted molar refractivity (Wildman–Crippen MR) is 122 cm³/mol. The van der Waals surface area contributed by atoms with Gasteiger partial charge in [0.15, 0.2) is 0 Å². The third-order valence-electron chi connectivity index (χ3n) is 6.48. The molecule has 2 fully saturated rings. The lowest BCUT2D eigenvalue weighted by molar-refractivity contribution is -0.125. The second-order valence-corrected chi connectivity index (χ2v) is 8.89. The quantitative estimate of drug-likeness (QED) is 0.719. The molecule has 1 aromatic carbocycles. The smallest absolute Gasteiger partial charge is 0.237 e. The number of carbonyl (C=O) groups is 2. The number of amides is 1. The second-order valence-electron chi connectivity index (χ2n) is 8.89. The summed E-state index contributed by atoms with van der Waals surface area (Å²) in [6, 6.07) is 10.3. The number of nitrogens with one attached hydrogen (secondary N) is 1. The van der Waals surface area contributed by atoms with Gasteiger partial charge in [-0.05, 0) is 63.4 Å². The van der Waals surface area contributed by atoms with Crippen molar-refractivity contribution in [1.82, 2.24) is 20.0 Å². The average Bonchev–Trinajstić information content (AvgIpc) is 3.50. The first-order valence-corrected chi connectivity index (χ1v) is 11.2. The van der Waals surface area contributed by atoms with E-state index in [1.807, 2.05) is 31.8 Å². The summed E-state index contributed by atoms with van der Waals surface area (Å²) in [6.45, 7) is 3.04.